The molecule has 0 atom stereocenters. The lowest BCUT2D eigenvalue weighted by Gasteiger charge is -2.07. The van der Waals surface area contributed by atoms with Crippen molar-refractivity contribution in [3.63, 3.8) is 0 Å². The molecule has 0 saturated carbocycles. The lowest BCUT2D eigenvalue weighted by Crippen LogP contribution is -2.14. The van der Waals surface area contributed by atoms with Gasteiger partial charge in [0.25, 0.3) is 5.78 Å². The summed E-state index contributed by atoms with van der Waals surface area (Å²) < 4.78 is 0. The zero-order valence-electron chi connectivity index (χ0n) is 18.6. The van der Waals surface area contributed by atoms with Gasteiger partial charge in [-0.15, -0.1) is 0 Å². The second-order valence-electron chi connectivity index (χ2n) is 8.34. The highest BCUT2D eigenvalue weighted by Crippen LogP contribution is 2.16. The van der Waals surface area contributed by atoms with Gasteiger partial charge in [0.15, 0.2) is 0 Å². The molecular formula is C26H42O3. The number of carbonyl (C=O) groups is 2. The van der Waals surface area contributed by atoms with E-state index in [4.69, 9.17) is 5.11 Å². The number of hydrogen-bond acceptors (Lipinski definition) is 2. The molecule has 0 aliphatic rings. The van der Waals surface area contributed by atoms with Crippen LogP contribution < -0.4 is 0 Å². The van der Waals surface area contributed by atoms with Gasteiger partial charge in [-0.05, 0) is 18.4 Å². The van der Waals surface area contributed by atoms with Crippen LogP contribution in [0.3, 0.4) is 0 Å². The molecule has 3 heteroatoms. The first kappa shape index (κ1) is 25.4. The smallest absolute Gasteiger partial charge is 0.377 e. The minimum Gasteiger partial charge on any atom is -0.475 e. The fourth-order valence-corrected chi connectivity index (χ4v) is 3.94. The Morgan fingerprint density at radius 2 is 1.07 bits per heavy atom. The van der Waals surface area contributed by atoms with Crippen molar-refractivity contribution in [1.29, 1.82) is 0 Å². The molecule has 1 rings (SSSR count). The topological polar surface area (TPSA) is 54.4 Å². The van der Waals surface area contributed by atoms with Gasteiger partial charge in [0.2, 0.25) is 0 Å². The van der Waals surface area contributed by atoms with E-state index >= 15 is 0 Å². The largest absolute Gasteiger partial charge is 0.475 e. The van der Waals surface area contributed by atoms with Crippen LogP contribution in [-0.2, 0) is 11.2 Å². The third-order valence-electron chi connectivity index (χ3n) is 5.76. The van der Waals surface area contributed by atoms with Gasteiger partial charge >= 0.3 is 5.97 Å². The van der Waals surface area contributed by atoms with Crippen LogP contribution in [-0.4, -0.2) is 16.9 Å². The average molecular weight is 403 g/mol. The van der Waals surface area contributed by atoms with Crippen molar-refractivity contribution >= 4 is 11.8 Å². The third kappa shape index (κ3) is 12.5. The molecule has 0 heterocycles. The molecule has 0 aliphatic heterocycles. The number of aliphatic carboxylic acids is 1. The number of ketones is 1. The monoisotopic (exact) mass is 402 g/mol. The fourth-order valence-electron chi connectivity index (χ4n) is 3.94. The molecule has 0 spiro atoms. The van der Waals surface area contributed by atoms with Gasteiger partial charge in [-0.3, -0.25) is 4.79 Å². The maximum absolute atomic E-state index is 11.7. The molecular weight excluding hydrogens is 360 g/mol. The Bertz CT molecular complexity index is 565. The summed E-state index contributed by atoms with van der Waals surface area (Å²) in [4.78, 5) is 22.7. The summed E-state index contributed by atoms with van der Waals surface area (Å²) in [7, 11) is 0. The van der Waals surface area contributed by atoms with Crippen LogP contribution in [0.15, 0.2) is 24.3 Å². The number of unbranched alkanes of at least 4 members (excludes halogenated alkanes) is 15. The molecule has 3 nitrogen and oxygen atoms in total. The van der Waals surface area contributed by atoms with E-state index in [0.717, 1.165) is 24.8 Å². The van der Waals surface area contributed by atoms with E-state index in [1.165, 1.54) is 89.9 Å². The van der Waals surface area contributed by atoms with Crippen LogP contribution in [0.1, 0.15) is 126 Å². The molecule has 0 aromatic heterocycles. The molecule has 0 amide bonds. The predicted molar refractivity (Wildman–Crippen MR) is 122 cm³/mol. The second kappa shape index (κ2) is 17.2. The van der Waals surface area contributed by atoms with Crippen LogP contribution in [0.5, 0.6) is 0 Å². The van der Waals surface area contributed by atoms with Crippen molar-refractivity contribution in [3.8, 4) is 0 Å². The van der Waals surface area contributed by atoms with Crippen LogP contribution in [0, 0.1) is 0 Å². The first-order valence-corrected chi connectivity index (χ1v) is 12.0. The zero-order valence-corrected chi connectivity index (χ0v) is 18.6. The van der Waals surface area contributed by atoms with Gasteiger partial charge in [0, 0.05) is 5.56 Å². The summed E-state index contributed by atoms with van der Waals surface area (Å²) in [6.07, 6.45) is 22.2. The molecule has 0 radical (unpaired) electrons. The third-order valence-corrected chi connectivity index (χ3v) is 5.76. The van der Waals surface area contributed by atoms with Crippen molar-refractivity contribution in [2.75, 3.05) is 0 Å². The summed E-state index contributed by atoms with van der Waals surface area (Å²) >= 11 is 0. The molecule has 0 unspecified atom stereocenters. The van der Waals surface area contributed by atoms with Gasteiger partial charge < -0.3 is 5.11 Å². The molecule has 1 aromatic carbocycles. The minimum absolute atomic E-state index is 0.348. The van der Waals surface area contributed by atoms with Crippen LogP contribution in [0.25, 0.3) is 0 Å². The molecule has 0 saturated heterocycles. The summed E-state index contributed by atoms with van der Waals surface area (Å²) in [5, 5.41) is 8.92. The highest BCUT2D eigenvalue weighted by Gasteiger charge is 2.17. The molecule has 0 aliphatic carbocycles. The normalized spacial score (nSPS) is 10.9. The number of carboxylic acids is 1. The number of hydrogen-bond donors (Lipinski definition) is 1. The molecule has 1 N–H and O–H groups in total. The Kier molecular flexibility index (Phi) is 15.1. The van der Waals surface area contributed by atoms with Crippen LogP contribution in [0.4, 0.5) is 0 Å². The fraction of sp³-hybridized carbons (Fsp3) is 0.692. The maximum atomic E-state index is 11.7. The van der Waals surface area contributed by atoms with Crippen LogP contribution >= 0.6 is 0 Å². The quantitative estimate of drug-likeness (QED) is 0.146. The first-order valence-electron chi connectivity index (χ1n) is 12.0. The second-order valence-corrected chi connectivity index (χ2v) is 8.34. The van der Waals surface area contributed by atoms with Gasteiger partial charge in [-0.25, -0.2) is 4.79 Å². The SMILES string of the molecule is CCCCCCCCCCCCCCCCCCc1ccccc1C(=O)C(=O)O. The number of carboxylic acid groups (broad SMARTS) is 1. The number of aryl methyl sites for hydroxylation is 1. The Morgan fingerprint density at radius 1 is 0.655 bits per heavy atom. The zero-order chi connectivity index (χ0) is 21.2. The summed E-state index contributed by atoms with van der Waals surface area (Å²) in [5.74, 6) is -2.17. The van der Waals surface area contributed by atoms with Crippen LogP contribution in [0.2, 0.25) is 0 Å². The van der Waals surface area contributed by atoms with Gasteiger partial charge in [0.05, 0.1) is 0 Å². The standard InChI is InChI=1S/C26H42O3/c1-2-3-4-5-6-7-8-9-10-11-12-13-14-15-16-17-20-23-21-18-19-22-24(23)25(27)26(28)29/h18-19,21-22H,2-17,20H2,1H3,(H,28,29). The van der Waals surface area contributed by atoms with Crippen molar-refractivity contribution in [3.05, 3.63) is 35.4 Å². The number of benzene rings is 1. The summed E-state index contributed by atoms with van der Waals surface area (Å²) in [6, 6.07) is 7.10. The minimum atomic E-state index is -1.37. The van der Waals surface area contributed by atoms with E-state index in [-0.39, 0.29) is 0 Å². The Balaban J connectivity index is 1.95. The van der Waals surface area contributed by atoms with E-state index in [1.54, 1.807) is 12.1 Å². The van der Waals surface area contributed by atoms with Crippen molar-refractivity contribution < 1.29 is 14.7 Å². The molecule has 1 aromatic rings. The summed E-state index contributed by atoms with van der Waals surface area (Å²) in [5.41, 5.74) is 1.21. The number of Topliss-reactive ketones (excluding diaryl/α,β-unsaturated/α-hetero) is 1. The van der Waals surface area contributed by atoms with Crippen molar-refractivity contribution in [1.82, 2.24) is 0 Å². The molecule has 0 fully saturated rings. The Morgan fingerprint density at radius 3 is 1.52 bits per heavy atom. The lowest BCUT2D eigenvalue weighted by atomic mass is 9.98. The number of rotatable bonds is 19. The van der Waals surface area contributed by atoms with Crippen molar-refractivity contribution in [2.45, 2.75) is 116 Å². The maximum Gasteiger partial charge on any atom is 0.377 e. The van der Waals surface area contributed by atoms with Gasteiger partial charge in [-0.2, -0.15) is 0 Å². The predicted octanol–water partition coefficient (Wildman–Crippen LogP) is 7.76. The highest BCUT2D eigenvalue weighted by atomic mass is 16.4. The van der Waals surface area contributed by atoms with E-state index in [1.807, 2.05) is 12.1 Å². The first-order chi connectivity index (χ1) is 14.2. The Labute approximate surface area is 178 Å². The molecule has 0 bridgehead atoms. The van der Waals surface area contributed by atoms with Crippen molar-refractivity contribution in [2.24, 2.45) is 0 Å². The van der Waals surface area contributed by atoms with Gasteiger partial charge in [0.1, 0.15) is 0 Å². The van der Waals surface area contributed by atoms with E-state index in [2.05, 4.69) is 6.92 Å². The number of carbonyl (C=O) groups excluding carboxylic acids is 1. The molecule has 164 valence electrons. The summed E-state index contributed by atoms with van der Waals surface area (Å²) in [6.45, 7) is 2.27. The van der Waals surface area contributed by atoms with E-state index < -0.39 is 11.8 Å². The highest BCUT2D eigenvalue weighted by molar-refractivity contribution is 6.40. The lowest BCUT2D eigenvalue weighted by molar-refractivity contribution is -0.131. The average Bonchev–Trinajstić information content (AvgIpc) is 2.73. The van der Waals surface area contributed by atoms with E-state index in [0.29, 0.717) is 5.56 Å². The molecule has 29 heavy (non-hydrogen) atoms. The van der Waals surface area contributed by atoms with Gasteiger partial charge in [-0.1, -0.05) is 128 Å². The van der Waals surface area contributed by atoms with E-state index in [9.17, 15) is 9.59 Å². The Hall–Kier alpha value is -1.64.